The number of fused-ring (bicyclic) bond motifs is 3. The van der Waals surface area contributed by atoms with Gasteiger partial charge in [0.1, 0.15) is 12.6 Å². The van der Waals surface area contributed by atoms with Gasteiger partial charge in [0.2, 0.25) is 5.91 Å². The van der Waals surface area contributed by atoms with Crippen molar-refractivity contribution in [3.63, 3.8) is 0 Å². The SMILES string of the molecule is CC(C)[C@@H](CC(=O)O)NC(=O)[C@@H](NC(=O)OCC1c2ccccc2-c2ccccc21)C(C)(C)C. The molecule has 0 unspecified atom stereocenters. The van der Waals surface area contributed by atoms with Gasteiger partial charge in [-0.05, 0) is 33.6 Å². The van der Waals surface area contributed by atoms with Gasteiger partial charge in [-0.15, -0.1) is 0 Å². The van der Waals surface area contributed by atoms with E-state index in [1.807, 2.05) is 71.0 Å². The van der Waals surface area contributed by atoms with Crippen LogP contribution in [0.25, 0.3) is 11.1 Å². The zero-order valence-electron chi connectivity index (χ0n) is 20.4. The smallest absolute Gasteiger partial charge is 0.407 e. The summed E-state index contributed by atoms with van der Waals surface area (Å²) in [6.45, 7) is 9.34. The average molecular weight is 467 g/mol. The molecule has 7 nitrogen and oxygen atoms in total. The van der Waals surface area contributed by atoms with Crippen LogP contribution in [0, 0.1) is 11.3 Å². The van der Waals surface area contributed by atoms with Crippen LogP contribution in [0.4, 0.5) is 4.79 Å². The molecular weight excluding hydrogens is 432 g/mol. The molecule has 0 radical (unpaired) electrons. The number of alkyl carbamates (subject to hydrolysis) is 1. The van der Waals surface area contributed by atoms with Crippen molar-refractivity contribution in [1.29, 1.82) is 0 Å². The quantitative estimate of drug-likeness (QED) is 0.529. The molecule has 34 heavy (non-hydrogen) atoms. The second kappa shape index (κ2) is 10.3. The van der Waals surface area contributed by atoms with Crippen LogP contribution in [-0.2, 0) is 14.3 Å². The van der Waals surface area contributed by atoms with Crippen molar-refractivity contribution in [1.82, 2.24) is 10.6 Å². The number of rotatable bonds is 8. The van der Waals surface area contributed by atoms with E-state index in [0.29, 0.717) is 0 Å². The first kappa shape index (κ1) is 25.3. The fourth-order valence-corrected chi connectivity index (χ4v) is 4.34. The lowest BCUT2D eigenvalue weighted by Gasteiger charge is -2.32. The minimum Gasteiger partial charge on any atom is -0.481 e. The van der Waals surface area contributed by atoms with Crippen LogP contribution in [0.5, 0.6) is 0 Å². The highest BCUT2D eigenvalue weighted by atomic mass is 16.5. The third-order valence-corrected chi connectivity index (χ3v) is 6.26. The average Bonchev–Trinajstić information content (AvgIpc) is 3.08. The number of carboxylic acid groups (broad SMARTS) is 1. The van der Waals surface area contributed by atoms with Gasteiger partial charge in [0.05, 0.1) is 6.42 Å². The number of amides is 2. The minimum absolute atomic E-state index is 0.0740. The molecule has 3 rings (SSSR count). The Bertz CT molecular complexity index is 1010. The van der Waals surface area contributed by atoms with E-state index in [9.17, 15) is 14.4 Å². The summed E-state index contributed by atoms with van der Waals surface area (Å²) in [4.78, 5) is 37.0. The van der Waals surface area contributed by atoms with Gasteiger partial charge >= 0.3 is 12.1 Å². The summed E-state index contributed by atoms with van der Waals surface area (Å²) in [5.74, 6) is -1.58. The van der Waals surface area contributed by atoms with Crippen molar-refractivity contribution in [3.05, 3.63) is 59.7 Å². The Hall–Kier alpha value is -3.35. The van der Waals surface area contributed by atoms with Crippen molar-refractivity contribution in [2.24, 2.45) is 11.3 Å². The number of hydrogen-bond acceptors (Lipinski definition) is 4. The van der Waals surface area contributed by atoms with Gasteiger partial charge in [0.25, 0.3) is 0 Å². The van der Waals surface area contributed by atoms with Crippen molar-refractivity contribution in [2.75, 3.05) is 6.61 Å². The van der Waals surface area contributed by atoms with Crippen LogP contribution in [0.15, 0.2) is 48.5 Å². The Labute approximate surface area is 200 Å². The molecule has 0 spiro atoms. The minimum atomic E-state index is -0.990. The first-order valence-corrected chi connectivity index (χ1v) is 11.6. The lowest BCUT2D eigenvalue weighted by Crippen LogP contribution is -2.56. The molecule has 0 fully saturated rings. The number of carbonyl (C=O) groups is 3. The normalized spacial score (nSPS) is 14.6. The molecule has 0 saturated carbocycles. The number of benzene rings is 2. The molecule has 1 aliphatic rings. The maximum atomic E-state index is 13.0. The van der Waals surface area contributed by atoms with Crippen LogP contribution in [0.1, 0.15) is 58.1 Å². The molecule has 0 heterocycles. The summed E-state index contributed by atoms with van der Waals surface area (Å²) in [6.07, 6.45) is -0.873. The predicted octanol–water partition coefficient (Wildman–Crippen LogP) is 4.56. The lowest BCUT2D eigenvalue weighted by molar-refractivity contribution is -0.138. The number of carbonyl (C=O) groups excluding carboxylic acids is 2. The van der Waals surface area contributed by atoms with E-state index in [4.69, 9.17) is 9.84 Å². The van der Waals surface area contributed by atoms with Gasteiger partial charge in [-0.1, -0.05) is 83.1 Å². The fourth-order valence-electron chi connectivity index (χ4n) is 4.34. The fraction of sp³-hybridized carbons (Fsp3) is 0.444. The largest absolute Gasteiger partial charge is 0.481 e. The number of nitrogens with one attached hydrogen (secondary N) is 2. The number of hydrogen-bond donors (Lipinski definition) is 3. The van der Waals surface area contributed by atoms with Gasteiger partial charge in [0.15, 0.2) is 0 Å². The first-order valence-electron chi connectivity index (χ1n) is 11.6. The highest BCUT2D eigenvalue weighted by Gasteiger charge is 2.36. The molecule has 0 aliphatic heterocycles. The van der Waals surface area contributed by atoms with Crippen molar-refractivity contribution in [3.8, 4) is 11.1 Å². The molecule has 182 valence electrons. The maximum absolute atomic E-state index is 13.0. The molecule has 0 saturated heterocycles. The standard InChI is InChI=1S/C27H34N2O5/c1-16(2)22(14-23(30)31)28-25(32)24(27(3,4)5)29-26(33)34-15-21-19-12-8-6-10-17(19)18-11-7-9-13-20(18)21/h6-13,16,21-22,24H,14-15H2,1-5H3,(H,28,32)(H,29,33)(H,30,31)/t22-,24-/m1/s1. The van der Waals surface area contributed by atoms with Crippen LogP contribution in [0.3, 0.4) is 0 Å². The summed E-state index contributed by atoms with van der Waals surface area (Å²) in [7, 11) is 0. The van der Waals surface area contributed by atoms with Gasteiger partial charge < -0.3 is 20.5 Å². The second-order valence-electron chi connectivity index (χ2n) is 10.2. The van der Waals surface area contributed by atoms with E-state index in [1.54, 1.807) is 0 Å². The molecule has 2 atom stereocenters. The van der Waals surface area contributed by atoms with Crippen LogP contribution in [-0.4, -0.2) is 41.8 Å². The van der Waals surface area contributed by atoms with E-state index in [0.717, 1.165) is 22.3 Å². The number of aliphatic carboxylic acids is 1. The molecular formula is C27H34N2O5. The van der Waals surface area contributed by atoms with E-state index in [2.05, 4.69) is 22.8 Å². The van der Waals surface area contributed by atoms with Gasteiger partial charge in [0, 0.05) is 12.0 Å². The Balaban J connectivity index is 1.69. The van der Waals surface area contributed by atoms with Gasteiger partial charge in [-0.2, -0.15) is 0 Å². The second-order valence-corrected chi connectivity index (χ2v) is 10.2. The van der Waals surface area contributed by atoms with Crippen LogP contribution >= 0.6 is 0 Å². The first-order chi connectivity index (χ1) is 16.0. The highest BCUT2D eigenvalue weighted by molar-refractivity contribution is 5.87. The maximum Gasteiger partial charge on any atom is 0.407 e. The summed E-state index contributed by atoms with van der Waals surface area (Å²) in [6, 6.07) is 14.7. The third-order valence-electron chi connectivity index (χ3n) is 6.26. The van der Waals surface area contributed by atoms with E-state index in [-0.39, 0.29) is 24.9 Å². The van der Waals surface area contributed by atoms with E-state index in [1.165, 1.54) is 0 Å². The van der Waals surface area contributed by atoms with Crippen molar-refractivity contribution < 1.29 is 24.2 Å². The summed E-state index contributed by atoms with van der Waals surface area (Å²) in [5, 5.41) is 14.7. The molecule has 2 amide bonds. The zero-order valence-corrected chi connectivity index (χ0v) is 20.4. The summed E-state index contributed by atoms with van der Waals surface area (Å²) in [5.41, 5.74) is 3.87. The Kier molecular flexibility index (Phi) is 7.64. The molecule has 0 aromatic heterocycles. The third kappa shape index (κ3) is 5.76. The Morgan fingerprint density at radius 2 is 1.47 bits per heavy atom. The monoisotopic (exact) mass is 466 g/mol. The number of ether oxygens (including phenoxy) is 1. The predicted molar refractivity (Wildman–Crippen MR) is 130 cm³/mol. The van der Waals surface area contributed by atoms with E-state index < -0.39 is 35.5 Å². The highest BCUT2D eigenvalue weighted by Crippen LogP contribution is 2.44. The molecule has 0 bridgehead atoms. The molecule has 7 heteroatoms. The lowest BCUT2D eigenvalue weighted by atomic mass is 9.85. The Morgan fingerprint density at radius 1 is 0.941 bits per heavy atom. The molecule has 2 aromatic rings. The van der Waals surface area contributed by atoms with Crippen molar-refractivity contribution in [2.45, 2.75) is 59.0 Å². The number of carboxylic acids is 1. The summed E-state index contributed by atoms with van der Waals surface area (Å²) >= 11 is 0. The van der Waals surface area contributed by atoms with Crippen molar-refractivity contribution >= 4 is 18.0 Å². The molecule has 3 N–H and O–H groups in total. The molecule has 1 aliphatic carbocycles. The zero-order chi connectivity index (χ0) is 25.0. The van der Waals surface area contributed by atoms with Crippen LogP contribution < -0.4 is 10.6 Å². The van der Waals surface area contributed by atoms with Gasteiger partial charge in [-0.3, -0.25) is 9.59 Å². The van der Waals surface area contributed by atoms with Gasteiger partial charge in [-0.25, -0.2) is 4.79 Å². The topological polar surface area (TPSA) is 105 Å². The van der Waals surface area contributed by atoms with E-state index >= 15 is 0 Å². The molecule has 2 aromatic carbocycles. The summed E-state index contributed by atoms with van der Waals surface area (Å²) < 4.78 is 5.61. The Morgan fingerprint density at radius 3 is 1.94 bits per heavy atom. The van der Waals surface area contributed by atoms with Crippen LogP contribution in [0.2, 0.25) is 0 Å².